The Morgan fingerprint density at radius 1 is 0.956 bits per heavy atom. The Kier molecular flexibility index (Phi) is 12.0. The Bertz CT molecular complexity index is 1590. The number of piperidine rings is 1. The molecule has 0 aromatic heterocycles. The summed E-state index contributed by atoms with van der Waals surface area (Å²) < 4.78 is 11.5. The molecule has 3 aromatic carbocycles. The van der Waals surface area contributed by atoms with Crippen LogP contribution in [0.5, 0.6) is 0 Å². The van der Waals surface area contributed by atoms with Crippen molar-refractivity contribution in [1.29, 1.82) is 0 Å². The van der Waals surface area contributed by atoms with Crippen molar-refractivity contribution in [3.05, 3.63) is 82.9 Å². The number of carbonyl (C=O) groups is 4. The highest BCUT2D eigenvalue weighted by Crippen LogP contribution is 2.38. The first-order valence-electron chi connectivity index (χ1n) is 14.4. The van der Waals surface area contributed by atoms with Crippen molar-refractivity contribution in [2.75, 3.05) is 17.8 Å². The van der Waals surface area contributed by atoms with E-state index in [4.69, 9.17) is 17.3 Å². The first kappa shape index (κ1) is 34.5. The largest absolute Gasteiger partial charge is 0.368 e. The van der Waals surface area contributed by atoms with Crippen LogP contribution in [0.25, 0.3) is 10.8 Å². The molecule has 240 valence electrons. The zero-order valence-corrected chi connectivity index (χ0v) is 26.9. The zero-order valence-electron chi connectivity index (χ0n) is 24.4. The van der Waals surface area contributed by atoms with Crippen LogP contribution in [-0.4, -0.2) is 74.2 Å². The molecule has 4 rings (SSSR count). The summed E-state index contributed by atoms with van der Waals surface area (Å²) in [7, 11) is -4.37. The van der Waals surface area contributed by atoms with E-state index < -0.39 is 54.8 Å². The number of nitrogens with one attached hydrogen (secondary N) is 2. The van der Waals surface area contributed by atoms with Crippen molar-refractivity contribution in [3.8, 4) is 0 Å². The number of thioether (sulfide) groups is 1. The second kappa shape index (κ2) is 15.7. The lowest BCUT2D eigenvalue weighted by molar-refractivity contribution is -0.145. The minimum atomic E-state index is -4.37. The molecular formula is C31H36ClN4O7PS. The van der Waals surface area contributed by atoms with Gasteiger partial charge in [0, 0.05) is 23.7 Å². The van der Waals surface area contributed by atoms with E-state index in [2.05, 4.69) is 10.6 Å². The van der Waals surface area contributed by atoms with Crippen LogP contribution in [0, 0.1) is 0 Å². The number of nitrogens with two attached hydrogens (primary N) is 1. The Balaban J connectivity index is 1.48. The predicted octanol–water partition coefficient (Wildman–Crippen LogP) is 2.98. The van der Waals surface area contributed by atoms with Gasteiger partial charge in [-0.3, -0.25) is 23.7 Å². The molecule has 0 spiro atoms. The Morgan fingerprint density at radius 2 is 1.64 bits per heavy atom. The van der Waals surface area contributed by atoms with Gasteiger partial charge in [-0.1, -0.05) is 66.2 Å². The second-order valence-corrected chi connectivity index (χ2v) is 14.5. The van der Waals surface area contributed by atoms with E-state index in [0.29, 0.717) is 29.8 Å². The van der Waals surface area contributed by atoms with E-state index in [9.17, 15) is 33.5 Å². The molecule has 1 aliphatic heterocycles. The van der Waals surface area contributed by atoms with Gasteiger partial charge in [0.1, 0.15) is 18.1 Å². The van der Waals surface area contributed by atoms with Gasteiger partial charge in [-0.2, -0.15) is 0 Å². The highest BCUT2D eigenvalue weighted by atomic mass is 35.5. The van der Waals surface area contributed by atoms with Crippen LogP contribution in [0.2, 0.25) is 5.02 Å². The molecule has 0 saturated carbocycles. The summed E-state index contributed by atoms with van der Waals surface area (Å²) in [5, 5.41) is 7.94. The standard InChI is InChI=1S/C31H36ClN4O7PS/c32-24-12-9-20(10-13-24)17-28(37)34-26(18-45-19-44(41,42)43)31(40)36-14-4-3-7-27(36)30(39)35-25(29(33)38)16-21-8-11-22-5-1-2-6-23(22)15-21/h1-2,5-6,8-13,15,25-27H,3-4,7,14,16-19H2,(H2,33,38)(H,34,37)(H,35,39)(H2,41,42,43). The molecule has 3 aromatic rings. The molecule has 14 heteroatoms. The molecule has 3 unspecified atom stereocenters. The molecule has 1 heterocycles. The van der Waals surface area contributed by atoms with Crippen LogP contribution in [0.4, 0.5) is 0 Å². The number of carbonyl (C=O) groups excluding carboxylic acids is 4. The van der Waals surface area contributed by atoms with Gasteiger partial charge in [0.15, 0.2) is 0 Å². The minimum absolute atomic E-state index is 0.0525. The third-order valence-corrected chi connectivity index (χ3v) is 10.4. The van der Waals surface area contributed by atoms with Crippen LogP contribution in [-0.2, 0) is 36.6 Å². The van der Waals surface area contributed by atoms with Gasteiger partial charge in [0.2, 0.25) is 23.6 Å². The molecule has 11 nitrogen and oxygen atoms in total. The topological polar surface area (TPSA) is 179 Å². The summed E-state index contributed by atoms with van der Waals surface area (Å²) in [6, 6.07) is 17.0. The summed E-state index contributed by atoms with van der Waals surface area (Å²) in [6.45, 7) is 0.232. The van der Waals surface area contributed by atoms with E-state index >= 15 is 0 Å². The molecule has 0 aliphatic carbocycles. The lowest BCUT2D eigenvalue weighted by atomic mass is 9.98. The maximum Gasteiger partial charge on any atom is 0.335 e. The first-order valence-corrected chi connectivity index (χ1v) is 17.8. The Morgan fingerprint density at radius 3 is 2.33 bits per heavy atom. The average Bonchev–Trinajstić information content (AvgIpc) is 3.00. The number of halogens is 1. The van der Waals surface area contributed by atoms with Crippen molar-refractivity contribution < 1.29 is 33.5 Å². The van der Waals surface area contributed by atoms with Gasteiger partial charge in [0.25, 0.3) is 0 Å². The van der Waals surface area contributed by atoms with Crippen LogP contribution in [0.1, 0.15) is 30.4 Å². The van der Waals surface area contributed by atoms with Gasteiger partial charge >= 0.3 is 7.60 Å². The van der Waals surface area contributed by atoms with Crippen LogP contribution < -0.4 is 16.4 Å². The van der Waals surface area contributed by atoms with E-state index in [1.54, 1.807) is 24.3 Å². The molecule has 45 heavy (non-hydrogen) atoms. The molecule has 1 fully saturated rings. The zero-order chi connectivity index (χ0) is 32.6. The number of hydrogen-bond donors (Lipinski definition) is 5. The van der Waals surface area contributed by atoms with Crippen LogP contribution in [0.15, 0.2) is 66.7 Å². The van der Waals surface area contributed by atoms with Crippen molar-refractivity contribution in [1.82, 2.24) is 15.5 Å². The van der Waals surface area contributed by atoms with Crippen LogP contribution >= 0.6 is 31.0 Å². The Labute approximate surface area is 270 Å². The number of benzene rings is 3. The fraction of sp³-hybridized carbons (Fsp3) is 0.355. The average molecular weight is 675 g/mol. The number of likely N-dealkylation sites (tertiary alicyclic amines) is 1. The number of rotatable bonds is 13. The summed E-state index contributed by atoms with van der Waals surface area (Å²) >= 11 is 6.76. The fourth-order valence-corrected chi connectivity index (χ4v) is 7.22. The fourth-order valence-electron chi connectivity index (χ4n) is 5.26. The van der Waals surface area contributed by atoms with Gasteiger partial charge in [-0.15, -0.1) is 11.8 Å². The molecule has 0 bridgehead atoms. The number of nitrogens with zero attached hydrogens (tertiary/aromatic N) is 1. The van der Waals surface area contributed by atoms with Crippen molar-refractivity contribution in [3.63, 3.8) is 0 Å². The third-order valence-electron chi connectivity index (χ3n) is 7.46. The molecular weight excluding hydrogens is 639 g/mol. The molecule has 6 N–H and O–H groups in total. The van der Waals surface area contributed by atoms with E-state index in [0.717, 1.165) is 28.1 Å². The lowest BCUT2D eigenvalue weighted by Gasteiger charge is -2.37. The van der Waals surface area contributed by atoms with E-state index in [1.165, 1.54) is 4.90 Å². The molecule has 1 saturated heterocycles. The first-order chi connectivity index (χ1) is 21.4. The van der Waals surface area contributed by atoms with Crippen molar-refractivity contribution in [2.45, 2.75) is 50.2 Å². The summed E-state index contributed by atoms with van der Waals surface area (Å²) in [4.78, 5) is 72.8. The molecule has 0 radical (unpaired) electrons. The van der Waals surface area contributed by atoms with Gasteiger partial charge in [-0.25, -0.2) is 0 Å². The Hall–Kier alpha value is -3.41. The molecule has 4 amide bonds. The highest BCUT2D eigenvalue weighted by Gasteiger charge is 2.37. The monoisotopic (exact) mass is 674 g/mol. The smallest absolute Gasteiger partial charge is 0.335 e. The van der Waals surface area contributed by atoms with Crippen molar-refractivity contribution in [2.24, 2.45) is 5.73 Å². The maximum absolute atomic E-state index is 13.9. The highest BCUT2D eigenvalue weighted by molar-refractivity contribution is 8.04. The lowest BCUT2D eigenvalue weighted by Crippen LogP contribution is -2.60. The molecule has 3 atom stereocenters. The second-order valence-electron chi connectivity index (χ2n) is 11.0. The number of fused-ring (bicyclic) bond motifs is 1. The third kappa shape index (κ3) is 10.3. The number of primary amides is 1. The summed E-state index contributed by atoms with van der Waals surface area (Å²) in [5.41, 5.74) is 6.60. The number of amides is 4. The maximum atomic E-state index is 13.9. The van der Waals surface area contributed by atoms with Gasteiger partial charge in [0.05, 0.1) is 11.9 Å². The SMILES string of the molecule is NC(=O)C(Cc1ccc2ccccc2c1)NC(=O)C1CCCCN1C(=O)C(CSCP(=O)(O)O)NC(=O)Cc1ccc(Cl)cc1. The summed E-state index contributed by atoms with van der Waals surface area (Å²) in [5.74, 6) is -2.40. The van der Waals surface area contributed by atoms with Crippen molar-refractivity contribution >= 4 is 65.4 Å². The minimum Gasteiger partial charge on any atom is -0.368 e. The van der Waals surface area contributed by atoms with Gasteiger partial charge < -0.3 is 31.1 Å². The summed E-state index contributed by atoms with van der Waals surface area (Å²) in [6.07, 6.45) is 1.72. The van der Waals surface area contributed by atoms with Gasteiger partial charge in [-0.05, 0) is 53.3 Å². The molecule has 1 aliphatic rings. The van der Waals surface area contributed by atoms with E-state index in [1.807, 2.05) is 42.5 Å². The predicted molar refractivity (Wildman–Crippen MR) is 175 cm³/mol. The van der Waals surface area contributed by atoms with E-state index in [-0.39, 0.29) is 25.1 Å². The van der Waals surface area contributed by atoms with Crippen LogP contribution in [0.3, 0.4) is 0 Å². The number of hydrogen-bond acceptors (Lipinski definition) is 6. The normalized spacial score (nSPS) is 16.5. The quantitative estimate of drug-likeness (QED) is 0.172.